The van der Waals surface area contributed by atoms with Gasteiger partial charge in [0.05, 0.1) is 31.4 Å². The fraction of sp³-hybridized carbons (Fsp3) is 0.286. The third kappa shape index (κ3) is 7.76. The van der Waals surface area contributed by atoms with Crippen LogP contribution in [0, 0.1) is 10.1 Å². The average molecular weight is 537 g/mol. The molecule has 0 aliphatic heterocycles. The molecule has 0 spiro atoms. The zero-order chi connectivity index (χ0) is 27.5. The number of nitro benzene ring substituents is 1. The molecule has 1 aliphatic carbocycles. The second kappa shape index (κ2) is 13.9. The van der Waals surface area contributed by atoms with Gasteiger partial charge in [0.25, 0.3) is 5.69 Å². The quantitative estimate of drug-likeness (QED) is 0.109. The topological polar surface area (TPSA) is 135 Å². The summed E-state index contributed by atoms with van der Waals surface area (Å²) in [6.07, 6.45) is -1.45. The highest BCUT2D eigenvalue weighted by atomic mass is 16.7. The van der Waals surface area contributed by atoms with E-state index in [0.29, 0.717) is 6.61 Å². The van der Waals surface area contributed by atoms with Crippen molar-refractivity contribution in [2.24, 2.45) is 0 Å². The first kappa shape index (κ1) is 27.6. The minimum absolute atomic E-state index is 0.00435. The van der Waals surface area contributed by atoms with Crippen LogP contribution in [0.1, 0.15) is 17.0 Å². The zero-order valence-corrected chi connectivity index (χ0v) is 21.1. The molecule has 1 N–H and O–H groups in total. The summed E-state index contributed by atoms with van der Waals surface area (Å²) in [7, 11) is 0. The van der Waals surface area contributed by atoms with Gasteiger partial charge in [-0.15, -0.1) is 0 Å². The van der Waals surface area contributed by atoms with E-state index in [2.05, 4.69) is 29.6 Å². The number of nitrogens with one attached hydrogen (secondary N) is 1. The number of fused-ring (bicyclic) bond motifs is 3. The van der Waals surface area contributed by atoms with E-state index in [1.807, 2.05) is 24.3 Å². The highest BCUT2D eigenvalue weighted by Gasteiger charge is 2.28. The van der Waals surface area contributed by atoms with E-state index in [-0.39, 0.29) is 56.9 Å². The lowest BCUT2D eigenvalue weighted by atomic mass is 9.98. The fourth-order valence-corrected chi connectivity index (χ4v) is 4.14. The minimum Gasteiger partial charge on any atom is -0.449 e. The molecule has 0 radical (unpaired) electrons. The van der Waals surface area contributed by atoms with Crippen LogP contribution in [0.25, 0.3) is 11.1 Å². The van der Waals surface area contributed by atoms with Crippen molar-refractivity contribution in [1.29, 1.82) is 0 Å². The van der Waals surface area contributed by atoms with Crippen molar-refractivity contribution in [1.82, 2.24) is 5.32 Å². The number of nitro groups is 1. The molecule has 11 heteroatoms. The van der Waals surface area contributed by atoms with Gasteiger partial charge in [-0.3, -0.25) is 10.1 Å². The second-order valence-electron chi connectivity index (χ2n) is 8.43. The molecule has 0 bridgehead atoms. The summed E-state index contributed by atoms with van der Waals surface area (Å²) in [5.74, 6) is 0.135. The summed E-state index contributed by atoms with van der Waals surface area (Å²) in [6.45, 7) is 1.48. The van der Waals surface area contributed by atoms with Crippen LogP contribution in [0.4, 0.5) is 15.3 Å². The Kier molecular flexibility index (Phi) is 9.81. The number of amides is 1. The molecule has 3 aromatic rings. The minimum atomic E-state index is -0.942. The molecule has 39 heavy (non-hydrogen) atoms. The summed E-state index contributed by atoms with van der Waals surface area (Å²) in [5.41, 5.74) is 4.54. The number of hydrogen-bond acceptors (Lipinski definition) is 9. The van der Waals surface area contributed by atoms with Crippen LogP contribution in [-0.4, -0.2) is 63.4 Å². The van der Waals surface area contributed by atoms with Crippen molar-refractivity contribution < 1.29 is 38.2 Å². The third-order valence-electron chi connectivity index (χ3n) is 5.93. The number of non-ortho nitro benzene ring substituents is 1. The Balaban J connectivity index is 1.01. The molecular formula is C28H28N2O9. The second-order valence-corrected chi connectivity index (χ2v) is 8.43. The Labute approximate surface area is 224 Å². The lowest BCUT2D eigenvalue weighted by Crippen LogP contribution is -2.29. The Morgan fingerprint density at radius 2 is 1.36 bits per heavy atom. The molecule has 1 aliphatic rings. The van der Waals surface area contributed by atoms with Crippen molar-refractivity contribution >= 4 is 17.9 Å². The molecule has 11 nitrogen and oxygen atoms in total. The zero-order valence-electron chi connectivity index (χ0n) is 21.1. The summed E-state index contributed by atoms with van der Waals surface area (Å²) in [4.78, 5) is 33.8. The fourth-order valence-electron chi connectivity index (χ4n) is 4.14. The maximum atomic E-state index is 12.2. The van der Waals surface area contributed by atoms with Crippen LogP contribution >= 0.6 is 0 Å². The van der Waals surface area contributed by atoms with E-state index in [9.17, 15) is 19.7 Å². The maximum Gasteiger partial charge on any atom is 0.513 e. The van der Waals surface area contributed by atoms with E-state index in [1.165, 1.54) is 35.4 Å². The first-order chi connectivity index (χ1) is 19.0. The largest absolute Gasteiger partial charge is 0.513 e. The monoisotopic (exact) mass is 536 g/mol. The number of rotatable bonds is 13. The predicted octanol–water partition coefficient (Wildman–Crippen LogP) is 4.68. The molecule has 0 saturated carbocycles. The number of hydrogen-bond donors (Lipinski definition) is 1. The average Bonchev–Trinajstić information content (AvgIpc) is 3.27. The Morgan fingerprint density at radius 1 is 0.769 bits per heavy atom. The SMILES string of the molecule is O=C(NCCOCCOCCOC(=O)Oc1ccc([N+](=O)[O-])cc1)OCC1c2ccccc2-c2ccccc21. The molecule has 0 saturated heterocycles. The van der Waals surface area contributed by atoms with Crippen LogP contribution in [-0.2, 0) is 18.9 Å². The molecular weight excluding hydrogens is 508 g/mol. The number of benzene rings is 3. The number of ether oxygens (including phenoxy) is 5. The van der Waals surface area contributed by atoms with Crippen molar-refractivity contribution in [3.63, 3.8) is 0 Å². The number of carbonyl (C=O) groups is 2. The van der Waals surface area contributed by atoms with Crippen molar-refractivity contribution in [3.8, 4) is 16.9 Å². The molecule has 204 valence electrons. The lowest BCUT2D eigenvalue weighted by Gasteiger charge is -2.14. The van der Waals surface area contributed by atoms with Gasteiger partial charge in [0.15, 0.2) is 0 Å². The number of nitrogens with zero attached hydrogens (tertiary/aromatic N) is 1. The summed E-state index contributed by atoms with van der Waals surface area (Å²) in [5, 5.41) is 13.3. The van der Waals surface area contributed by atoms with Gasteiger partial charge in [-0.25, -0.2) is 9.59 Å². The number of carbonyl (C=O) groups excluding carboxylic acids is 2. The van der Waals surface area contributed by atoms with E-state index >= 15 is 0 Å². The normalized spacial score (nSPS) is 11.8. The van der Waals surface area contributed by atoms with Gasteiger partial charge < -0.3 is 29.0 Å². The molecule has 1 amide bonds. The molecule has 0 fully saturated rings. The van der Waals surface area contributed by atoms with Gasteiger partial charge in [0.2, 0.25) is 0 Å². The number of alkyl carbamates (subject to hydrolysis) is 1. The van der Waals surface area contributed by atoms with Gasteiger partial charge in [-0.2, -0.15) is 0 Å². The van der Waals surface area contributed by atoms with Gasteiger partial charge in [0, 0.05) is 24.6 Å². The van der Waals surface area contributed by atoms with Crippen LogP contribution in [0.15, 0.2) is 72.8 Å². The lowest BCUT2D eigenvalue weighted by molar-refractivity contribution is -0.384. The van der Waals surface area contributed by atoms with E-state index < -0.39 is 17.2 Å². The van der Waals surface area contributed by atoms with Gasteiger partial charge >= 0.3 is 12.2 Å². The molecule has 0 atom stereocenters. The van der Waals surface area contributed by atoms with E-state index in [4.69, 9.17) is 23.7 Å². The van der Waals surface area contributed by atoms with Crippen LogP contribution < -0.4 is 10.1 Å². The first-order valence-electron chi connectivity index (χ1n) is 12.4. The Hall–Kier alpha value is -4.48. The maximum absolute atomic E-state index is 12.2. The molecule has 0 aromatic heterocycles. The summed E-state index contributed by atoms with van der Waals surface area (Å²) >= 11 is 0. The predicted molar refractivity (Wildman–Crippen MR) is 140 cm³/mol. The van der Waals surface area contributed by atoms with Crippen molar-refractivity contribution in [2.45, 2.75) is 5.92 Å². The highest BCUT2D eigenvalue weighted by Crippen LogP contribution is 2.44. The van der Waals surface area contributed by atoms with E-state index in [1.54, 1.807) is 0 Å². The first-order valence-corrected chi connectivity index (χ1v) is 12.4. The molecule has 0 heterocycles. The summed E-state index contributed by atoms with van der Waals surface area (Å²) < 4.78 is 26.0. The van der Waals surface area contributed by atoms with E-state index in [0.717, 1.165) is 11.1 Å². The smallest absolute Gasteiger partial charge is 0.449 e. The Bertz CT molecular complexity index is 1230. The molecule has 3 aromatic carbocycles. The van der Waals surface area contributed by atoms with Gasteiger partial charge in [-0.1, -0.05) is 48.5 Å². The van der Waals surface area contributed by atoms with Crippen molar-refractivity contribution in [2.75, 3.05) is 46.2 Å². The molecule has 0 unspecified atom stereocenters. The van der Waals surface area contributed by atoms with Crippen LogP contribution in [0.5, 0.6) is 5.75 Å². The standard InChI is InChI=1S/C28H28N2O9/c31-27(38-19-26-24-7-3-1-5-22(24)23-6-2-4-8-25(23)26)29-13-14-35-15-16-36-17-18-37-28(32)39-21-11-9-20(10-12-21)30(33)34/h1-12,26H,13-19H2,(H,29,31). The molecule has 4 rings (SSSR count). The third-order valence-corrected chi connectivity index (χ3v) is 5.93. The van der Waals surface area contributed by atoms with Crippen LogP contribution in [0.3, 0.4) is 0 Å². The van der Waals surface area contributed by atoms with Gasteiger partial charge in [-0.05, 0) is 34.4 Å². The van der Waals surface area contributed by atoms with Crippen molar-refractivity contribution in [3.05, 3.63) is 94.0 Å². The Morgan fingerprint density at radius 3 is 2.00 bits per heavy atom. The summed E-state index contributed by atoms with van der Waals surface area (Å²) in [6, 6.07) is 21.3. The van der Waals surface area contributed by atoms with Crippen LogP contribution in [0.2, 0.25) is 0 Å². The highest BCUT2D eigenvalue weighted by molar-refractivity contribution is 5.79. The van der Waals surface area contributed by atoms with Gasteiger partial charge in [0.1, 0.15) is 19.0 Å².